The van der Waals surface area contributed by atoms with Crippen molar-refractivity contribution in [3.05, 3.63) is 50.4 Å². The van der Waals surface area contributed by atoms with Crippen molar-refractivity contribution >= 4 is 22.8 Å². The minimum absolute atomic E-state index is 0.0424. The molecule has 0 unspecified atom stereocenters. The Bertz CT molecular complexity index is 1000. The molecule has 0 spiro atoms. The number of imidazole rings is 1. The van der Waals surface area contributed by atoms with Crippen LogP contribution in [0.5, 0.6) is 5.75 Å². The Morgan fingerprint density at radius 3 is 2.71 bits per heavy atom. The van der Waals surface area contributed by atoms with E-state index in [1.165, 1.54) is 16.7 Å². The number of benzene rings is 1. The van der Waals surface area contributed by atoms with Crippen LogP contribution in [0.3, 0.4) is 0 Å². The first kappa shape index (κ1) is 16.3. The van der Waals surface area contributed by atoms with Crippen LogP contribution in [0, 0.1) is 0 Å². The van der Waals surface area contributed by atoms with Crippen LogP contribution in [0.15, 0.2) is 33.9 Å². The van der Waals surface area contributed by atoms with Gasteiger partial charge in [-0.05, 0) is 30.2 Å². The molecule has 0 radical (unpaired) electrons. The van der Waals surface area contributed by atoms with Gasteiger partial charge in [0.2, 0.25) is 5.28 Å². The van der Waals surface area contributed by atoms with Crippen LogP contribution in [0.4, 0.5) is 0 Å². The van der Waals surface area contributed by atoms with Gasteiger partial charge < -0.3 is 10.1 Å². The fraction of sp³-hybridized carbons (Fsp3) is 0.312. The van der Waals surface area contributed by atoms with Crippen LogP contribution < -0.4 is 11.2 Å². The highest BCUT2D eigenvalue weighted by Gasteiger charge is 2.19. The molecule has 2 heterocycles. The second-order valence-corrected chi connectivity index (χ2v) is 5.85. The predicted molar refractivity (Wildman–Crippen MR) is 92.2 cm³/mol. The normalized spacial score (nSPS) is 11.2. The van der Waals surface area contributed by atoms with E-state index >= 15 is 0 Å². The van der Waals surface area contributed by atoms with Crippen molar-refractivity contribution in [2.24, 2.45) is 0 Å². The molecule has 2 N–H and O–H groups in total. The molecule has 24 heavy (non-hydrogen) atoms. The molecule has 0 saturated carbocycles. The first-order valence-corrected chi connectivity index (χ1v) is 8.11. The number of aromatic hydroxyl groups is 1. The summed E-state index contributed by atoms with van der Waals surface area (Å²) in [5, 5.41) is 10.1. The number of para-hydroxylation sites is 2. The molecule has 126 valence electrons. The van der Waals surface area contributed by atoms with Gasteiger partial charge in [-0.15, -0.1) is 0 Å². The highest BCUT2D eigenvalue weighted by Crippen LogP contribution is 2.19. The lowest BCUT2D eigenvalue weighted by Gasteiger charge is -2.12. The predicted octanol–water partition coefficient (Wildman–Crippen LogP) is 2.42. The number of aryl methyl sites for hydroxylation is 1. The molecule has 0 fully saturated rings. The smallest absolute Gasteiger partial charge is 0.337 e. The second kappa shape index (κ2) is 6.52. The van der Waals surface area contributed by atoms with Gasteiger partial charge >= 0.3 is 5.69 Å². The summed E-state index contributed by atoms with van der Waals surface area (Å²) in [6.45, 7) is 2.48. The maximum atomic E-state index is 12.9. The van der Waals surface area contributed by atoms with Crippen LogP contribution in [0.2, 0.25) is 5.28 Å². The zero-order valence-corrected chi connectivity index (χ0v) is 13.9. The fourth-order valence-electron chi connectivity index (χ4n) is 2.68. The molecule has 0 aliphatic carbocycles. The molecule has 0 aliphatic rings. The summed E-state index contributed by atoms with van der Waals surface area (Å²) in [5.74, 6) is -0.151. The molecular formula is C16H17ClN4O3. The average Bonchev–Trinajstić information content (AvgIpc) is 2.94. The van der Waals surface area contributed by atoms with Crippen LogP contribution in [-0.4, -0.2) is 24.2 Å². The van der Waals surface area contributed by atoms with Gasteiger partial charge in [0.15, 0.2) is 11.2 Å². The quantitative estimate of drug-likeness (QED) is 0.547. The number of phenols is 1. The van der Waals surface area contributed by atoms with E-state index in [1.54, 1.807) is 12.1 Å². The lowest BCUT2D eigenvalue weighted by atomic mass is 10.2. The number of H-pyrrole nitrogens is 1. The number of phenolic OH excluding ortho intramolecular Hbond substituents is 1. The van der Waals surface area contributed by atoms with Crippen molar-refractivity contribution in [3.63, 3.8) is 0 Å². The van der Waals surface area contributed by atoms with Crippen molar-refractivity contribution in [2.45, 2.75) is 32.7 Å². The zero-order valence-electron chi connectivity index (χ0n) is 13.1. The summed E-state index contributed by atoms with van der Waals surface area (Å²) in [6, 6.07) is 6.20. The van der Waals surface area contributed by atoms with E-state index in [0.29, 0.717) is 6.54 Å². The number of fused-ring (bicyclic) bond motifs is 1. The van der Waals surface area contributed by atoms with Gasteiger partial charge in [0.25, 0.3) is 5.56 Å². The summed E-state index contributed by atoms with van der Waals surface area (Å²) >= 11 is 5.89. The standard InChI is InChI=1S/C16H17ClN4O3/c1-2-3-6-9-20-13-12(18-15(17)19-13)14(23)21(16(20)24)10-7-4-5-8-11(10)22/h4-5,7-8,22H,2-3,6,9H2,1H3,(H,18,19). The number of nitrogens with one attached hydrogen (secondary N) is 1. The van der Waals surface area contributed by atoms with E-state index in [0.717, 1.165) is 23.8 Å². The van der Waals surface area contributed by atoms with Gasteiger partial charge in [0.1, 0.15) is 5.75 Å². The van der Waals surface area contributed by atoms with Crippen molar-refractivity contribution in [2.75, 3.05) is 0 Å². The van der Waals surface area contributed by atoms with Crippen LogP contribution in [0.1, 0.15) is 26.2 Å². The molecule has 7 nitrogen and oxygen atoms in total. The van der Waals surface area contributed by atoms with Crippen molar-refractivity contribution in [3.8, 4) is 11.4 Å². The average molecular weight is 349 g/mol. The Morgan fingerprint density at radius 1 is 1.25 bits per heavy atom. The first-order valence-electron chi connectivity index (χ1n) is 7.74. The number of rotatable bonds is 5. The van der Waals surface area contributed by atoms with Crippen molar-refractivity contribution in [1.82, 2.24) is 19.1 Å². The lowest BCUT2D eigenvalue weighted by Crippen LogP contribution is -2.39. The third kappa shape index (κ3) is 2.71. The summed E-state index contributed by atoms with van der Waals surface area (Å²) in [4.78, 5) is 32.3. The van der Waals surface area contributed by atoms with Gasteiger partial charge in [-0.25, -0.2) is 9.36 Å². The molecule has 8 heteroatoms. The Kier molecular flexibility index (Phi) is 4.44. The minimum atomic E-state index is -0.595. The first-order chi connectivity index (χ1) is 11.5. The van der Waals surface area contributed by atoms with Gasteiger partial charge in [-0.3, -0.25) is 9.36 Å². The van der Waals surface area contributed by atoms with Gasteiger partial charge in [-0.1, -0.05) is 31.9 Å². The monoisotopic (exact) mass is 348 g/mol. The largest absolute Gasteiger partial charge is 0.506 e. The van der Waals surface area contributed by atoms with E-state index in [4.69, 9.17) is 11.6 Å². The number of hydrogen-bond acceptors (Lipinski definition) is 4. The SMILES string of the molecule is CCCCCn1c(=O)n(-c2ccccc2O)c(=O)c2[nH]c(Cl)nc21. The highest BCUT2D eigenvalue weighted by atomic mass is 35.5. The Labute approximate surface area is 142 Å². The third-order valence-electron chi connectivity index (χ3n) is 3.86. The Morgan fingerprint density at radius 2 is 2.00 bits per heavy atom. The molecule has 0 atom stereocenters. The van der Waals surface area contributed by atoms with Gasteiger partial charge in [0.05, 0.1) is 5.69 Å². The molecule has 0 aliphatic heterocycles. The van der Waals surface area contributed by atoms with E-state index in [1.807, 2.05) is 0 Å². The lowest BCUT2D eigenvalue weighted by molar-refractivity contribution is 0.469. The number of hydrogen-bond donors (Lipinski definition) is 2. The van der Waals surface area contributed by atoms with Gasteiger partial charge in [0, 0.05) is 6.54 Å². The van der Waals surface area contributed by atoms with E-state index in [9.17, 15) is 14.7 Å². The summed E-state index contributed by atoms with van der Waals surface area (Å²) in [6.07, 6.45) is 2.72. The topological polar surface area (TPSA) is 92.9 Å². The number of halogens is 1. The van der Waals surface area contributed by atoms with E-state index in [2.05, 4.69) is 16.9 Å². The van der Waals surface area contributed by atoms with Crippen LogP contribution in [-0.2, 0) is 6.54 Å². The Balaban J connectivity index is 2.32. The molecule has 1 aromatic carbocycles. The van der Waals surface area contributed by atoms with Gasteiger partial charge in [-0.2, -0.15) is 4.98 Å². The summed E-state index contributed by atoms with van der Waals surface area (Å²) < 4.78 is 2.36. The minimum Gasteiger partial charge on any atom is -0.506 e. The van der Waals surface area contributed by atoms with E-state index in [-0.39, 0.29) is 27.9 Å². The van der Waals surface area contributed by atoms with Crippen molar-refractivity contribution < 1.29 is 5.11 Å². The molecule has 3 aromatic rings. The summed E-state index contributed by atoms with van der Waals surface area (Å²) in [5.41, 5.74) is -0.641. The number of aromatic amines is 1. The number of aromatic nitrogens is 4. The highest BCUT2D eigenvalue weighted by molar-refractivity contribution is 6.28. The summed E-state index contributed by atoms with van der Waals surface area (Å²) in [7, 11) is 0. The zero-order chi connectivity index (χ0) is 17.3. The molecule has 0 amide bonds. The maximum absolute atomic E-state index is 12.9. The van der Waals surface area contributed by atoms with Crippen LogP contribution >= 0.6 is 11.6 Å². The maximum Gasteiger partial charge on any atom is 0.337 e. The third-order valence-corrected chi connectivity index (χ3v) is 4.04. The second-order valence-electron chi connectivity index (χ2n) is 5.50. The molecular weight excluding hydrogens is 332 g/mol. The van der Waals surface area contributed by atoms with Crippen molar-refractivity contribution in [1.29, 1.82) is 0 Å². The Hall–Kier alpha value is -2.54. The van der Waals surface area contributed by atoms with Crippen LogP contribution in [0.25, 0.3) is 16.9 Å². The van der Waals surface area contributed by atoms with E-state index < -0.39 is 11.2 Å². The molecule has 3 rings (SSSR count). The number of unbranched alkanes of at least 4 members (excludes halogenated alkanes) is 2. The molecule has 0 bridgehead atoms. The molecule has 2 aromatic heterocycles. The molecule has 0 saturated heterocycles. The fourth-order valence-corrected chi connectivity index (χ4v) is 2.85. The number of nitrogens with zero attached hydrogens (tertiary/aromatic N) is 3.